The topological polar surface area (TPSA) is 61.4 Å². The van der Waals surface area contributed by atoms with E-state index in [-0.39, 0.29) is 11.8 Å². The average molecular weight is 352 g/mol. The molecule has 0 bridgehead atoms. The van der Waals surface area contributed by atoms with Crippen molar-refractivity contribution < 1.29 is 9.59 Å². The largest absolute Gasteiger partial charge is 0.376 e. The van der Waals surface area contributed by atoms with Crippen LogP contribution in [0.2, 0.25) is 5.02 Å². The van der Waals surface area contributed by atoms with E-state index in [2.05, 4.69) is 10.6 Å². The van der Waals surface area contributed by atoms with Crippen LogP contribution in [0, 0.1) is 0 Å². The molecule has 2 amide bonds. The summed E-state index contributed by atoms with van der Waals surface area (Å²) in [7, 11) is 3.75. The molecule has 2 aromatic rings. The van der Waals surface area contributed by atoms with Crippen LogP contribution in [-0.4, -0.2) is 32.0 Å². The summed E-state index contributed by atoms with van der Waals surface area (Å²) in [6, 6.07) is 8.11. The van der Waals surface area contributed by atoms with Gasteiger partial charge in [-0.05, 0) is 36.6 Å². The zero-order valence-corrected chi connectivity index (χ0v) is 14.7. The Hall–Kier alpha value is -2.05. The average Bonchev–Trinajstić information content (AvgIpc) is 3.01. The first-order valence-electron chi connectivity index (χ1n) is 7.00. The summed E-state index contributed by atoms with van der Waals surface area (Å²) in [6.45, 7) is 1.64. The molecule has 1 aromatic heterocycles. The van der Waals surface area contributed by atoms with Crippen molar-refractivity contribution >= 4 is 46.1 Å². The maximum Gasteiger partial charge on any atom is 0.261 e. The van der Waals surface area contributed by atoms with Gasteiger partial charge in [-0.2, -0.15) is 0 Å². The van der Waals surface area contributed by atoms with Crippen LogP contribution in [-0.2, 0) is 4.79 Å². The molecule has 0 aliphatic rings. The smallest absolute Gasteiger partial charge is 0.261 e. The molecule has 0 aliphatic heterocycles. The van der Waals surface area contributed by atoms with E-state index in [0.717, 1.165) is 5.69 Å². The predicted octanol–water partition coefficient (Wildman–Crippen LogP) is 3.22. The van der Waals surface area contributed by atoms with Crippen molar-refractivity contribution in [2.75, 3.05) is 24.3 Å². The number of carbonyl (C=O) groups is 2. The third-order valence-corrected chi connectivity index (χ3v) is 4.29. The van der Waals surface area contributed by atoms with Crippen molar-refractivity contribution in [3.05, 3.63) is 45.6 Å². The third-order valence-electron chi connectivity index (χ3n) is 3.18. The van der Waals surface area contributed by atoms with Gasteiger partial charge < -0.3 is 15.5 Å². The zero-order valence-electron chi connectivity index (χ0n) is 13.1. The second-order valence-corrected chi connectivity index (χ2v) is 6.60. The Kier molecular flexibility index (Phi) is 5.63. The van der Waals surface area contributed by atoms with E-state index in [1.807, 2.05) is 30.4 Å². The summed E-state index contributed by atoms with van der Waals surface area (Å²) < 4.78 is 0. The SMILES string of the molecule is CC(NC(=O)c1cccs1)C(=O)Nc1cc(Cl)ccc1N(C)C. The molecule has 0 aliphatic carbocycles. The number of benzene rings is 1. The fraction of sp³-hybridized carbons (Fsp3) is 0.250. The molecule has 0 fully saturated rings. The van der Waals surface area contributed by atoms with Gasteiger partial charge in [0.1, 0.15) is 6.04 Å². The van der Waals surface area contributed by atoms with Gasteiger partial charge in [-0.3, -0.25) is 9.59 Å². The molecular formula is C16H18ClN3O2S. The van der Waals surface area contributed by atoms with Crippen molar-refractivity contribution in [1.29, 1.82) is 0 Å². The van der Waals surface area contributed by atoms with Crippen LogP contribution in [0.5, 0.6) is 0 Å². The predicted molar refractivity (Wildman–Crippen MR) is 95.7 cm³/mol. The van der Waals surface area contributed by atoms with Gasteiger partial charge in [-0.25, -0.2) is 0 Å². The number of rotatable bonds is 5. The minimum atomic E-state index is -0.668. The number of amides is 2. The molecule has 5 nitrogen and oxygen atoms in total. The highest BCUT2D eigenvalue weighted by molar-refractivity contribution is 7.12. The van der Waals surface area contributed by atoms with Crippen LogP contribution < -0.4 is 15.5 Å². The van der Waals surface area contributed by atoms with Gasteiger partial charge in [0.2, 0.25) is 5.91 Å². The van der Waals surface area contributed by atoms with Gasteiger partial charge in [0, 0.05) is 19.1 Å². The van der Waals surface area contributed by atoms with Gasteiger partial charge >= 0.3 is 0 Å². The standard InChI is InChI=1S/C16H18ClN3O2S/c1-10(18-16(22)14-5-4-8-23-14)15(21)19-12-9-11(17)6-7-13(12)20(2)3/h4-10H,1-3H3,(H,18,22)(H,19,21). The van der Waals surface area contributed by atoms with Crippen molar-refractivity contribution in [2.45, 2.75) is 13.0 Å². The second-order valence-electron chi connectivity index (χ2n) is 5.22. The van der Waals surface area contributed by atoms with Gasteiger partial charge in [-0.1, -0.05) is 17.7 Å². The molecule has 122 valence electrons. The highest BCUT2D eigenvalue weighted by Gasteiger charge is 2.18. The molecule has 0 spiro atoms. The number of nitrogens with one attached hydrogen (secondary N) is 2. The fourth-order valence-corrected chi connectivity index (χ4v) is 2.78. The number of carbonyl (C=O) groups excluding carboxylic acids is 2. The first-order chi connectivity index (χ1) is 10.9. The van der Waals surface area contributed by atoms with Crippen molar-refractivity contribution in [3.63, 3.8) is 0 Å². The normalized spacial score (nSPS) is 11.7. The van der Waals surface area contributed by atoms with Gasteiger partial charge in [-0.15, -0.1) is 11.3 Å². The molecular weight excluding hydrogens is 334 g/mol. The molecule has 1 atom stereocenters. The molecule has 2 N–H and O–H groups in total. The second kappa shape index (κ2) is 7.48. The molecule has 7 heteroatoms. The number of hydrogen-bond acceptors (Lipinski definition) is 4. The lowest BCUT2D eigenvalue weighted by molar-refractivity contribution is -0.117. The highest BCUT2D eigenvalue weighted by atomic mass is 35.5. The lowest BCUT2D eigenvalue weighted by Crippen LogP contribution is -2.41. The monoisotopic (exact) mass is 351 g/mol. The maximum atomic E-state index is 12.3. The van der Waals surface area contributed by atoms with Crippen molar-refractivity contribution in [2.24, 2.45) is 0 Å². The van der Waals surface area contributed by atoms with E-state index in [9.17, 15) is 9.59 Å². The first-order valence-corrected chi connectivity index (χ1v) is 8.26. The summed E-state index contributed by atoms with van der Waals surface area (Å²) >= 11 is 7.33. The van der Waals surface area contributed by atoms with E-state index >= 15 is 0 Å². The van der Waals surface area contributed by atoms with Crippen LogP contribution in [0.4, 0.5) is 11.4 Å². The van der Waals surface area contributed by atoms with E-state index in [1.165, 1.54) is 11.3 Å². The Morgan fingerprint density at radius 1 is 1.26 bits per heavy atom. The van der Waals surface area contributed by atoms with Crippen molar-refractivity contribution in [1.82, 2.24) is 5.32 Å². The highest BCUT2D eigenvalue weighted by Crippen LogP contribution is 2.27. The fourth-order valence-electron chi connectivity index (χ4n) is 1.98. The van der Waals surface area contributed by atoms with E-state index in [4.69, 9.17) is 11.6 Å². The zero-order chi connectivity index (χ0) is 17.0. The number of halogens is 1. The molecule has 1 heterocycles. The van der Waals surface area contributed by atoms with E-state index in [0.29, 0.717) is 15.6 Å². The number of hydrogen-bond donors (Lipinski definition) is 2. The summed E-state index contributed by atoms with van der Waals surface area (Å²) in [4.78, 5) is 26.8. The Balaban J connectivity index is 2.06. The summed E-state index contributed by atoms with van der Waals surface area (Å²) in [5.41, 5.74) is 1.43. The summed E-state index contributed by atoms with van der Waals surface area (Å²) in [5, 5.41) is 7.83. The summed E-state index contributed by atoms with van der Waals surface area (Å²) in [5.74, 6) is -0.568. The quantitative estimate of drug-likeness (QED) is 0.869. The molecule has 23 heavy (non-hydrogen) atoms. The Bertz CT molecular complexity index is 701. The third kappa shape index (κ3) is 4.46. The number of thiophene rings is 1. The molecule has 0 saturated heterocycles. The maximum absolute atomic E-state index is 12.3. The lowest BCUT2D eigenvalue weighted by atomic mass is 10.2. The van der Waals surface area contributed by atoms with Crippen LogP contribution in [0.1, 0.15) is 16.6 Å². The van der Waals surface area contributed by atoms with Crippen LogP contribution in [0.15, 0.2) is 35.7 Å². The summed E-state index contributed by atoms with van der Waals surface area (Å²) in [6.07, 6.45) is 0. The van der Waals surface area contributed by atoms with Crippen LogP contribution >= 0.6 is 22.9 Å². The van der Waals surface area contributed by atoms with Gasteiger partial charge in [0.25, 0.3) is 5.91 Å². The first kappa shape index (κ1) is 17.3. The molecule has 2 rings (SSSR count). The molecule has 1 aromatic carbocycles. The molecule has 0 radical (unpaired) electrons. The molecule has 0 saturated carbocycles. The van der Waals surface area contributed by atoms with Crippen molar-refractivity contribution in [3.8, 4) is 0 Å². The van der Waals surface area contributed by atoms with Gasteiger partial charge in [0.05, 0.1) is 16.3 Å². The lowest BCUT2D eigenvalue weighted by Gasteiger charge is -2.20. The van der Waals surface area contributed by atoms with Gasteiger partial charge in [0.15, 0.2) is 0 Å². The van der Waals surface area contributed by atoms with Crippen LogP contribution in [0.25, 0.3) is 0 Å². The minimum absolute atomic E-state index is 0.262. The minimum Gasteiger partial charge on any atom is -0.376 e. The molecule has 1 unspecified atom stereocenters. The Labute approximate surface area is 144 Å². The number of anilines is 2. The van der Waals surface area contributed by atoms with E-state index in [1.54, 1.807) is 31.2 Å². The van der Waals surface area contributed by atoms with E-state index < -0.39 is 6.04 Å². The Morgan fingerprint density at radius 3 is 2.61 bits per heavy atom. The van der Waals surface area contributed by atoms with Crippen LogP contribution in [0.3, 0.4) is 0 Å². The number of nitrogens with zero attached hydrogens (tertiary/aromatic N) is 1. The Morgan fingerprint density at radius 2 is 2.00 bits per heavy atom.